The van der Waals surface area contributed by atoms with E-state index in [1.807, 2.05) is 0 Å². The van der Waals surface area contributed by atoms with Crippen molar-refractivity contribution in [2.45, 2.75) is 38.6 Å². The first-order chi connectivity index (χ1) is 8.08. The molecule has 94 valence electrons. The van der Waals surface area contributed by atoms with Crippen molar-refractivity contribution in [2.24, 2.45) is 17.6 Å². The summed E-state index contributed by atoms with van der Waals surface area (Å²) in [6.45, 7) is 2.30. The van der Waals surface area contributed by atoms with E-state index in [1.54, 1.807) is 12.3 Å². The molecule has 2 N–H and O–H groups in total. The molecule has 0 aliphatic heterocycles. The highest BCUT2D eigenvalue weighted by Gasteiger charge is 2.26. The lowest BCUT2D eigenvalue weighted by molar-refractivity contribution is 0.254. The monoisotopic (exact) mass is 272 g/mol. The fourth-order valence-corrected chi connectivity index (χ4v) is 3.04. The predicted octanol–water partition coefficient (Wildman–Crippen LogP) is 4.21. The molecule has 1 saturated carbocycles. The Morgan fingerprint density at radius 1 is 1.29 bits per heavy atom. The Labute approximate surface area is 113 Å². The molecule has 4 heteroatoms. The first kappa shape index (κ1) is 13.1. The molecule has 1 unspecified atom stereocenters. The zero-order valence-corrected chi connectivity index (χ0v) is 11.5. The fraction of sp³-hybridized carbons (Fsp3) is 0.615. The van der Waals surface area contributed by atoms with Gasteiger partial charge in [-0.3, -0.25) is 4.98 Å². The number of nitrogens with zero attached hydrogens (tertiary/aromatic N) is 1. The number of hydrogen-bond donors (Lipinski definition) is 1. The summed E-state index contributed by atoms with van der Waals surface area (Å²) in [7, 11) is 0. The highest BCUT2D eigenvalue weighted by molar-refractivity contribution is 6.34. The van der Waals surface area contributed by atoms with E-state index in [1.165, 1.54) is 25.7 Å². The predicted molar refractivity (Wildman–Crippen MR) is 72.3 cm³/mol. The summed E-state index contributed by atoms with van der Waals surface area (Å²) in [6, 6.07) is 1.66. The van der Waals surface area contributed by atoms with Crippen LogP contribution in [-0.4, -0.2) is 4.98 Å². The molecule has 0 radical (unpaired) electrons. The van der Waals surface area contributed by atoms with E-state index in [0.717, 1.165) is 11.6 Å². The van der Waals surface area contributed by atoms with Crippen LogP contribution in [0.25, 0.3) is 0 Å². The smallest absolute Gasteiger partial charge is 0.0760 e. The Balaban J connectivity index is 2.11. The first-order valence-electron chi connectivity index (χ1n) is 6.14. The van der Waals surface area contributed by atoms with Gasteiger partial charge in [0, 0.05) is 6.20 Å². The minimum absolute atomic E-state index is 0.0627. The quantitative estimate of drug-likeness (QED) is 0.876. The van der Waals surface area contributed by atoms with Crippen LogP contribution in [0.2, 0.25) is 10.0 Å². The second-order valence-electron chi connectivity index (χ2n) is 5.07. The summed E-state index contributed by atoms with van der Waals surface area (Å²) in [6.07, 6.45) is 6.47. The molecule has 0 spiro atoms. The topological polar surface area (TPSA) is 38.9 Å². The van der Waals surface area contributed by atoms with Crippen LogP contribution in [0.15, 0.2) is 12.3 Å². The van der Waals surface area contributed by atoms with Gasteiger partial charge in [-0.15, -0.1) is 0 Å². The van der Waals surface area contributed by atoms with Gasteiger partial charge in [0.05, 0.1) is 21.8 Å². The molecule has 1 fully saturated rings. The van der Waals surface area contributed by atoms with Crippen molar-refractivity contribution < 1.29 is 0 Å². The van der Waals surface area contributed by atoms with Crippen molar-refractivity contribution in [1.29, 1.82) is 0 Å². The van der Waals surface area contributed by atoms with Gasteiger partial charge in [-0.25, -0.2) is 0 Å². The van der Waals surface area contributed by atoms with Crippen LogP contribution >= 0.6 is 23.2 Å². The molecule has 0 saturated heterocycles. The van der Waals surface area contributed by atoms with Gasteiger partial charge in [0.15, 0.2) is 0 Å². The van der Waals surface area contributed by atoms with Gasteiger partial charge >= 0.3 is 0 Å². The van der Waals surface area contributed by atoms with Crippen molar-refractivity contribution in [3.8, 4) is 0 Å². The average Bonchev–Trinajstić information content (AvgIpc) is 2.29. The summed E-state index contributed by atoms with van der Waals surface area (Å²) in [5.41, 5.74) is 7.06. The largest absolute Gasteiger partial charge is 0.322 e. The van der Waals surface area contributed by atoms with Gasteiger partial charge in [0.1, 0.15) is 0 Å². The maximum absolute atomic E-state index is 6.28. The van der Waals surface area contributed by atoms with E-state index in [4.69, 9.17) is 28.9 Å². The van der Waals surface area contributed by atoms with Crippen molar-refractivity contribution in [3.63, 3.8) is 0 Å². The molecule has 17 heavy (non-hydrogen) atoms. The van der Waals surface area contributed by atoms with Gasteiger partial charge < -0.3 is 5.73 Å². The third-order valence-electron chi connectivity index (χ3n) is 3.72. The van der Waals surface area contributed by atoms with Crippen LogP contribution < -0.4 is 5.73 Å². The lowest BCUT2D eigenvalue weighted by atomic mass is 9.78. The fourth-order valence-electron chi connectivity index (χ4n) is 2.54. The van der Waals surface area contributed by atoms with Crippen LogP contribution in [0.3, 0.4) is 0 Å². The van der Waals surface area contributed by atoms with E-state index < -0.39 is 0 Å². The lowest BCUT2D eigenvalue weighted by Crippen LogP contribution is -2.26. The molecule has 1 heterocycles. The molecule has 2 rings (SSSR count). The van der Waals surface area contributed by atoms with E-state index >= 15 is 0 Å². The number of nitrogens with two attached hydrogens (primary N) is 1. The maximum Gasteiger partial charge on any atom is 0.0760 e. The average molecular weight is 273 g/mol. The minimum atomic E-state index is -0.0627. The number of halogens is 2. The Kier molecular flexibility index (Phi) is 4.29. The molecule has 0 amide bonds. The number of aromatic nitrogens is 1. The van der Waals surface area contributed by atoms with Crippen LogP contribution in [0.5, 0.6) is 0 Å². The SMILES string of the molecule is CC1CCC(C(N)c2ncc(Cl)cc2Cl)CC1. The Hall–Kier alpha value is -0.310. The second-order valence-corrected chi connectivity index (χ2v) is 5.91. The summed E-state index contributed by atoms with van der Waals surface area (Å²) >= 11 is 12.0. The maximum atomic E-state index is 6.28. The number of hydrogen-bond acceptors (Lipinski definition) is 2. The van der Waals surface area contributed by atoms with E-state index in [-0.39, 0.29) is 6.04 Å². The van der Waals surface area contributed by atoms with Crippen molar-refractivity contribution in [3.05, 3.63) is 28.0 Å². The first-order valence-corrected chi connectivity index (χ1v) is 6.90. The number of rotatable bonds is 2. The number of pyridine rings is 1. The lowest BCUT2D eigenvalue weighted by Gasteiger charge is -2.30. The molecule has 0 aromatic carbocycles. The van der Waals surface area contributed by atoms with Crippen LogP contribution in [0.1, 0.15) is 44.3 Å². The van der Waals surface area contributed by atoms with Gasteiger partial charge in [-0.05, 0) is 30.7 Å². The zero-order chi connectivity index (χ0) is 12.4. The van der Waals surface area contributed by atoms with Crippen molar-refractivity contribution >= 4 is 23.2 Å². The molecule has 1 aromatic rings. The third-order valence-corrected chi connectivity index (χ3v) is 4.23. The normalized spacial score (nSPS) is 26.8. The van der Waals surface area contributed by atoms with Crippen LogP contribution in [-0.2, 0) is 0 Å². The molecule has 1 aliphatic carbocycles. The van der Waals surface area contributed by atoms with Gasteiger partial charge in [0.25, 0.3) is 0 Å². The zero-order valence-electron chi connectivity index (χ0n) is 10.00. The van der Waals surface area contributed by atoms with Gasteiger partial charge in [-0.2, -0.15) is 0 Å². The minimum Gasteiger partial charge on any atom is -0.322 e. The summed E-state index contributed by atoms with van der Waals surface area (Å²) < 4.78 is 0. The van der Waals surface area contributed by atoms with E-state index in [9.17, 15) is 0 Å². The standard InChI is InChI=1S/C13H18Cl2N2/c1-8-2-4-9(5-3-8)12(16)13-11(15)6-10(14)7-17-13/h6-9,12H,2-5,16H2,1H3. The molecular weight excluding hydrogens is 255 g/mol. The molecule has 1 aliphatic rings. The van der Waals surface area contributed by atoms with Crippen molar-refractivity contribution in [1.82, 2.24) is 4.98 Å². The van der Waals surface area contributed by atoms with E-state index in [2.05, 4.69) is 11.9 Å². The molecule has 0 bridgehead atoms. The van der Waals surface area contributed by atoms with E-state index in [0.29, 0.717) is 16.0 Å². The second kappa shape index (κ2) is 5.55. The van der Waals surface area contributed by atoms with Crippen LogP contribution in [0, 0.1) is 11.8 Å². The highest BCUT2D eigenvalue weighted by atomic mass is 35.5. The van der Waals surface area contributed by atoms with Crippen molar-refractivity contribution in [2.75, 3.05) is 0 Å². The Morgan fingerprint density at radius 3 is 2.53 bits per heavy atom. The summed E-state index contributed by atoms with van der Waals surface area (Å²) in [4.78, 5) is 4.28. The highest BCUT2D eigenvalue weighted by Crippen LogP contribution is 2.37. The molecule has 2 nitrogen and oxygen atoms in total. The summed E-state index contributed by atoms with van der Waals surface area (Å²) in [5.74, 6) is 1.32. The third kappa shape index (κ3) is 3.12. The van der Waals surface area contributed by atoms with Gasteiger partial charge in [0.2, 0.25) is 0 Å². The molecule has 1 aromatic heterocycles. The summed E-state index contributed by atoms with van der Waals surface area (Å²) in [5, 5.41) is 1.15. The molecular formula is C13H18Cl2N2. The Bertz CT molecular complexity index is 387. The van der Waals surface area contributed by atoms with Gasteiger partial charge in [-0.1, -0.05) is 43.0 Å². The van der Waals surface area contributed by atoms with Crippen LogP contribution in [0.4, 0.5) is 0 Å². The Morgan fingerprint density at radius 2 is 1.94 bits per heavy atom. The molecule has 1 atom stereocenters.